The van der Waals surface area contributed by atoms with Crippen LogP contribution in [0.15, 0.2) is 18.2 Å². The Labute approximate surface area is 165 Å². The van der Waals surface area contributed by atoms with Crippen LogP contribution in [-0.2, 0) is 14.4 Å². The Balaban J connectivity index is 0.00000210. The zero-order valence-corrected chi connectivity index (χ0v) is 16.4. The summed E-state index contributed by atoms with van der Waals surface area (Å²) < 4.78 is 0. The fourth-order valence-electron chi connectivity index (χ4n) is 4.72. The van der Waals surface area contributed by atoms with Crippen LogP contribution in [0.5, 0.6) is 0 Å². The molecule has 3 amide bonds. The van der Waals surface area contributed by atoms with Gasteiger partial charge in [0.15, 0.2) is 0 Å². The topological polar surface area (TPSA) is 78.5 Å². The van der Waals surface area contributed by atoms with Gasteiger partial charge in [-0.1, -0.05) is 18.9 Å². The van der Waals surface area contributed by atoms with E-state index in [0.29, 0.717) is 17.3 Å². The molecule has 3 aliphatic rings. The summed E-state index contributed by atoms with van der Waals surface area (Å²) in [4.78, 5) is 38.5. The number of amides is 3. The molecule has 6 nitrogen and oxygen atoms in total. The Morgan fingerprint density at radius 2 is 1.96 bits per heavy atom. The minimum atomic E-state index is -0.331. The van der Waals surface area contributed by atoms with Crippen molar-refractivity contribution in [2.45, 2.75) is 45.4 Å². The van der Waals surface area contributed by atoms with E-state index in [2.05, 4.69) is 10.6 Å². The molecule has 0 aromatic heterocycles. The fourth-order valence-corrected chi connectivity index (χ4v) is 4.72. The van der Waals surface area contributed by atoms with E-state index in [4.69, 9.17) is 0 Å². The van der Waals surface area contributed by atoms with Gasteiger partial charge in [0.05, 0.1) is 11.1 Å². The predicted octanol–water partition coefficient (Wildman–Crippen LogP) is 2.79. The number of hydrogen-bond acceptors (Lipinski definition) is 4. The van der Waals surface area contributed by atoms with Crippen molar-refractivity contribution in [3.05, 3.63) is 23.8 Å². The number of carbonyl (C=O) groups is 3. The lowest BCUT2D eigenvalue weighted by Gasteiger charge is -2.37. The highest BCUT2D eigenvalue weighted by Crippen LogP contribution is 2.44. The van der Waals surface area contributed by atoms with Gasteiger partial charge in [0.25, 0.3) is 0 Å². The molecule has 0 radical (unpaired) electrons. The van der Waals surface area contributed by atoms with Crippen LogP contribution in [0.4, 0.5) is 11.4 Å². The smallest absolute Gasteiger partial charge is 0.234 e. The SMILES string of the molecule is Cc1ccc(NC(=O)[C@@]23CCCC[C@H]2CNC3)cc1N1C(=O)CCC1=O.Cl. The maximum atomic E-state index is 13.1. The molecule has 4 rings (SSSR count). The minimum Gasteiger partial charge on any atom is -0.325 e. The number of nitrogens with zero attached hydrogens (tertiary/aromatic N) is 1. The van der Waals surface area contributed by atoms with Crippen LogP contribution in [-0.4, -0.2) is 30.8 Å². The van der Waals surface area contributed by atoms with Crippen molar-refractivity contribution in [2.24, 2.45) is 11.3 Å². The third kappa shape index (κ3) is 3.36. The Hall–Kier alpha value is -1.92. The monoisotopic (exact) mass is 391 g/mol. The quantitative estimate of drug-likeness (QED) is 0.776. The highest BCUT2D eigenvalue weighted by atomic mass is 35.5. The number of aryl methyl sites for hydroxylation is 1. The molecule has 0 spiro atoms. The number of imide groups is 1. The molecule has 7 heteroatoms. The average molecular weight is 392 g/mol. The molecule has 0 unspecified atom stereocenters. The van der Waals surface area contributed by atoms with E-state index >= 15 is 0 Å². The molecular weight excluding hydrogens is 366 g/mol. The number of nitrogens with one attached hydrogen (secondary N) is 2. The first-order chi connectivity index (χ1) is 12.5. The number of hydrogen-bond donors (Lipinski definition) is 2. The van der Waals surface area contributed by atoms with E-state index < -0.39 is 0 Å². The van der Waals surface area contributed by atoms with Crippen LogP contribution in [0.2, 0.25) is 0 Å². The van der Waals surface area contributed by atoms with Crippen molar-refractivity contribution in [2.75, 3.05) is 23.3 Å². The van der Waals surface area contributed by atoms with Gasteiger partial charge in [-0.15, -0.1) is 12.4 Å². The Morgan fingerprint density at radius 3 is 2.70 bits per heavy atom. The maximum absolute atomic E-state index is 13.1. The summed E-state index contributed by atoms with van der Waals surface area (Å²) in [7, 11) is 0. The molecule has 1 aromatic rings. The number of rotatable bonds is 3. The number of fused-ring (bicyclic) bond motifs is 1. The van der Waals surface area contributed by atoms with Gasteiger partial charge in [-0.25, -0.2) is 0 Å². The largest absolute Gasteiger partial charge is 0.325 e. The lowest BCUT2D eigenvalue weighted by molar-refractivity contribution is -0.128. The Kier molecular flexibility index (Phi) is 5.58. The molecule has 2 aliphatic heterocycles. The molecule has 2 saturated heterocycles. The van der Waals surface area contributed by atoms with E-state index in [1.165, 1.54) is 11.3 Å². The van der Waals surface area contributed by atoms with Crippen molar-refractivity contribution in [3.8, 4) is 0 Å². The third-order valence-corrected chi connectivity index (χ3v) is 6.25. The van der Waals surface area contributed by atoms with E-state index in [1.807, 2.05) is 19.1 Å². The molecule has 2 heterocycles. The van der Waals surface area contributed by atoms with Gasteiger partial charge in [-0.3, -0.25) is 19.3 Å². The van der Waals surface area contributed by atoms with Crippen LogP contribution >= 0.6 is 12.4 Å². The zero-order valence-electron chi connectivity index (χ0n) is 15.5. The first-order valence-electron chi connectivity index (χ1n) is 9.50. The molecule has 2 atom stereocenters. The lowest BCUT2D eigenvalue weighted by Crippen LogP contribution is -2.44. The first-order valence-corrected chi connectivity index (χ1v) is 9.50. The molecule has 1 aromatic carbocycles. The van der Waals surface area contributed by atoms with Gasteiger partial charge in [0.1, 0.15) is 0 Å². The third-order valence-electron chi connectivity index (χ3n) is 6.25. The van der Waals surface area contributed by atoms with Gasteiger partial charge < -0.3 is 10.6 Å². The standard InChI is InChI=1S/C20H25N3O3.ClH/c1-13-5-6-15(10-16(13)23-17(24)7-8-18(23)25)22-19(26)20-9-3-2-4-14(20)11-21-12-20;/h5-6,10,14,21H,2-4,7-9,11-12H2,1H3,(H,22,26);1H/t14-,20+;/m0./s1. The summed E-state index contributed by atoms with van der Waals surface area (Å²) in [6, 6.07) is 5.45. The van der Waals surface area contributed by atoms with Crippen LogP contribution < -0.4 is 15.5 Å². The van der Waals surface area contributed by atoms with Crippen molar-refractivity contribution in [3.63, 3.8) is 0 Å². The van der Waals surface area contributed by atoms with Gasteiger partial charge in [-0.2, -0.15) is 0 Å². The van der Waals surface area contributed by atoms with Crippen LogP contribution in [0.3, 0.4) is 0 Å². The summed E-state index contributed by atoms with van der Waals surface area (Å²) in [6.07, 6.45) is 4.79. The zero-order chi connectivity index (χ0) is 18.3. The normalized spacial score (nSPS) is 27.3. The van der Waals surface area contributed by atoms with E-state index in [1.54, 1.807) is 6.07 Å². The van der Waals surface area contributed by atoms with Crippen molar-refractivity contribution in [1.29, 1.82) is 0 Å². The number of carbonyl (C=O) groups excluding carboxylic acids is 3. The second-order valence-electron chi connectivity index (χ2n) is 7.81. The minimum absolute atomic E-state index is 0. The molecule has 0 bridgehead atoms. The number of halogens is 1. The average Bonchev–Trinajstić information content (AvgIpc) is 3.21. The Morgan fingerprint density at radius 1 is 1.22 bits per heavy atom. The predicted molar refractivity (Wildman–Crippen MR) is 106 cm³/mol. The summed E-state index contributed by atoms with van der Waals surface area (Å²) in [5, 5.41) is 6.46. The summed E-state index contributed by atoms with van der Waals surface area (Å²) in [5.74, 6) is 0.101. The van der Waals surface area contributed by atoms with Crippen molar-refractivity contribution in [1.82, 2.24) is 5.32 Å². The molecule has 1 aliphatic carbocycles. The highest BCUT2D eigenvalue weighted by Gasteiger charge is 2.49. The highest BCUT2D eigenvalue weighted by molar-refractivity contribution is 6.20. The number of benzene rings is 1. The van der Waals surface area contributed by atoms with E-state index in [0.717, 1.165) is 37.9 Å². The fraction of sp³-hybridized carbons (Fsp3) is 0.550. The molecular formula is C20H26ClN3O3. The van der Waals surface area contributed by atoms with E-state index in [-0.39, 0.29) is 48.4 Å². The second-order valence-corrected chi connectivity index (χ2v) is 7.81. The summed E-state index contributed by atoms with van der Waals surface area (Å²) >= 11 is 0. The molecule has 1 saturated carbocycles. The first kappa shape index (κ1) is 19.8. The van der Waals surface area contributed by atoms with Crippen LogP contribution in [0.1, 0.15) is 44.1 Å². The molecule has 146 valence electrons. The van der Waals surface area contributed by atoms with Gasteiger partial charge in [0.2, 0.25) is 17.7 Å². The van der Waals surface area contributed by atoms with Crippen LogP contribution in [0.25, 0.3) is 0 Å². The Bertz CT molecular complexity index is 766. The molecule has 27 heavy (non-hydrogen) atoms. The van der Waals surface area contributed by atoms with Crippen molar-refractivity contribution >= 4 is 41.5 Å². The van der Waals surface area contributed by atoms with E-state index in [9.17, 15) is 14.4 Å². The van der Waals surface area contributed by atoms with Gasteiger partial charge in [0, 0.05) is 25.1 Å². The second kappa shape index (κ2) is 7.60. The number of anilines is 2. The maximum Gasteiger partial charge on any atom is 0.234 e. The molecule has 2 N–H and O–H groups in total. The van der Waals surface area contributed by atoms with Gasteiger partial charge >= 0.3 is 0 Å². The summed E-state index contributed by atoms with van der Waals surface area (Å²) in [5.41, 5.74) is 1.75. The van der Waals surface area contributed by atoms with Crippen molar-refractivity contribution < 1.29 is 14.4 Å². The molecule has 3 fully saturated rings. The van der Waals surface area contributed by atoms with Crippen LogP contribution in [0, 0.1) is 18.3 Å². The summed E-state index contributed by atoms with van der Waals surface area (Å²) in [6.45, 7) is 3.51. The van der Waals surface area contributed by atoms with Gasteiger partial charge in [-0.05, 0) is 49.9 Å². The lowest BCUT2D eigenvalue weighted by atomic mass is 9.67.